The van der Waals surface area contributed by atoms with Crippen molar-refractivity contribution in [3.63, 3.8) is 0 Å². The van der Waals surface area contributed by atoms with Crippen LogP contribution in [0.3, 0.4) is 0 Å². The van der Waals surface area contributed by atoms with Crippen LogP contribution in [0.25, 0.3) is 0 Å². The Labute approximate surface area is 97.7 Å². The van der Waals surface area contributed by atoms with E-state index < -0.39 is 0 Å². The molecule has 1 aromatic rings. The maximum atomic E-state index is 4.41. The van der Waals surface area contributed by atoms with Gasteiger partial charge in [-0.3, -0.25) is 4.68 Å². The molecule has 2 rings (SSSR count). The van der Waals surface area contributed by atoms with E-state index in [1.54, 1.807) is 0 Å². The van der Waals surface area contributed by atoms with Gasteiger partial charge in [0, 0.05) is 12.7 Å². The molecule has 0 aromatic carbocycles. The lowest BCUT2D eigenvalue weighted by Gasteiger charge is -2.08. The minimum atomic E-state index is 0. The molecule has 0 saturated heterocycles. The first kappa shape index (κ1) is 12.4. The summed E-state index contributed by atoms with van der Waals surface area (Å²) in [5.41, 5.74) is 1.17. The van der Waals surface area contributed by atoms with E-state index in [-0.39, 0.29) is 12.4 Å². The predicted molar refractivity (Wildman–Crippen MR) is 65.8 cm³/mol. The summed E-state index contributed by atoms with van der Waals surface area (Å²) in [6.45, 7) is 3.21. The highest BCUT2D eigenvalue weighted by atomic mass is 35.5. The minimum Gasteiger partial charge on any atom is -0.383 e. The van der Waals surface area contributed by atoms with Gasteiger partial charge in [0.25, 0.3) is 0 Å². The topological polar surface area (TPSA) is 29.9 Å². The molecule has 0 bridgehead atoms. The zero-order valence-corrected chi connectivity index (χ0v) is 10.1. The van der Waals surface area contributed by atoms with Gasteiger partial charge in [-0.1, -0.05) is 19.8 Å². The third-order valence-corrected chi connectivity index (χ3v) is 2.88. The molecule has 0 aliphatic heterocycles. The lowest BCUT2D eigenvalue weighted by Crippen LogP contribution is -2.04. The van der Waals surface area contributed by atoms with Crippen LogP contribution in [0.2, 0.25) is 0 Å². The number of nitrogens with one attached hydrogen (secondary N) is 1. The minimum absolute atomic E-state index is 0. The van der Waals surface area contributed by atoms with E-state index >= 15 is 0 Å². The summed E-state index contributed by atoms with van der Waals surface area (Å²) < 4.78 is 2.13. The summed E-state index contributed by atoms with van der Waals surface area (Å²) in [5.74, 6) is 0. The van der Waals surface area contributed by atoms with Crippen molar-refractivity contribution in [1.29, 1.82) is 0 Å². The Morgan fingerprint density at radius 2 is 2.20 bits per heavy atom. The van der Waals surface area contributed by atoms with Crippen LogP contribution in [0.5, 0.6) is 0 Å². The molecule has 0 atom stereocenters. The van der Waals surface area contributed by atoms with E-state index in [9.17, 15) is 0 Å². The van der Waals surface area contributed by atoms with Crippen molar-refractivity contribution in [3.05, 3.63) is 12.4 Å². The Morgan fingerprint density at radius 1 is 1.47 bits per heavy atom. The first-order valence-electron chi connectivity index (χ1n) is 5.68. The molecule has 0 spiro atoms. The quantitative estimate of drug-likeness (QED) is 0.859. The summed E-state index contributed by atoms with van der Waals surface area (Å²) in [4.78, 5) is 0. The Morgan fingerprint density at radius 3 is 2.87 bits per heavy atom. The van der Waals surface area contributed by atoms with Crippen LogP contribution in [0.15, 0.2) is 12.4 Å². The van der Waals surface area contributed by atoms with Crippen molar-refractivity contribution in [2.24, 2.45) is 0 Å². The Bertz CT molecular complexity index is 279. The lowest BCUT2D eigenvalue weighted by molar-refractivity contribution is 0.467. The Balaban J connectivity index is 0.00000112. The van der Waals surface area contributed by atoms with E-state index in [0.29, 0.717) is 6.04 Å². The highest BCUT2D eigenvalue weighted by Gasteiger charge is 2.17. The molecule has 1 N–H and O–H groups in total. The number of halogens is 1. The highest BCUT2D eigenvalue weighted by molar-refractivity contribution is 5.85. The maximum Gasteiger partial charge on any atom is 0.0726 e. The molecule has 15 heavy (non-hydrogen) atoms. The zero-order chi connectivity index (χ0) is 9.80. The van der Waals surface area contributed by atoms with Crippen LogP contribution in [0, 0.1) is 0 Å². The average Bonchev–Trinajstić information content (AvgIpc) is 2.85. The van der Waals surface area contributed by atoms with Crippen molar-refractivity contribution in [3.8, 4) is 0 Å². The molecule has 1 aliphatic rings. The third kappa shape index (κ3) is 3.13. The summed E-state index contributed by atoms with van der Waals surface area (Å²) >= 11 is 0. The second-order valence-corrected chi connectivity index (χ2v) is 4.07. The van der Waals surface area contributed by atoms with Crippen molar-refractivity contribution in [1.82, 2.24) is 9.78 Å². The number of hydrogen-bond donors (Lipinski definition) is 1. The second-order valence-electron chi connectivity index (χ2n) is 4.07. The molecule has 1 saturated carbocycles. The molecule has 3 nitrogen and oxygen atoms in total. The van der Waals surface area contributed by atoms with Crippen molar-refractivity contribution >= 4 is 18.1 Å². The number of aromatic nitrogens is 2. The number of hydrogen-bond acceptors (Lipinski definition) is 2. The fourth-order valence-electron chi connectivity index (χ4n) is 2.07. The molecule has 86 valence electrons. The van der Waals surface area contributed by atoms with Gasteiger partial charge in [0.15, 0.2) is 0 Å². The molecule has 0 unspecified atom stereocenters. The van der Waals surface area contributed by atoms with E-state index in [1.165, 1.54) is 31.4 Å². The SMILES string of the molecule is CCCNc1cnn(C2CCCC2)c1.Cl. The Kier molecular flexibility index (Phi) is 4.95. The molecule has 1 aromatic heterocycles. The largest absolute Gasteiger partial charge is 0.383 e. The summed E-state index contributed by atoms with van der Waals surface area (Å²) in [5, 5.41) is 7.76. The highest BCUT2D eigenvalue weighted by Crippen LogP contribution is 2.29. The molecule has 0 radical (unpaired) electrons. The van der Waals surface area contributed by atoms with Crippen LogP contribution in [-0.4, -0.2) is 16.3 Å². The van der Waals surface area contributed by atoms with Crippen LogP contribution < -0.4 is 5.32 Å². The molecular formula is C11H20ClN3. The fourth-order valence-corrected chi connectivity index (χ4v) is 2.07. The van der Waals surface area contributed by atoms with Gasteiger partial charge in [-0.25, -0.2) is 0 Å². The van der Waals surface area contributed by atoms with E-state index in [4.69, 9.17) is 0 Å². The van der Waals surface area contributed by atoms with Gasteiger partial charge in [0.2, 0.25) is 0 Å². The number of anilines is 1. The third-order valence-electron chi connectivity index (χ3n) is 2.88. The lowest BCUT2D eigenvalue weighted by atomic mass is 10.3. The summed E-state index contributed by atoms with van der Waals surface area (Å²) in [7, 11) is 0. The Hall–Kier alpha value is -0.700. The second kappa shape index (κ2) is 6.01. The molecule has 4 heteroatoms. The van der Waals surface area contributed by atoms with E-state index in [2.05, 4.69) is 28.2 Å². The first-order chi connectivity index (χ1) is 6.90. The summed E-state index contributed by atoms with van der Waals surface area (Å²) in [6.07, 6.45) is 10.6. The van der Waals surface area contributed by atoms with Gasteiger partial charge in [-0.05, 0) is 19.3 Å². The smallest absolute Gasteiger partial charge is 0.0726 e. The number of rotatable bonds is 4. The van der Waals surface area contributed by atoms with Gasteiger partial charge in [-0.2, -0.15) is 5.10 Å². The standard InChI is InChI=1S/C11H19N3.ClH/c1-2-7-12-10-8-13-14(9-10)11-5-3-4-6-11;/h8-9,11-12H,2-7H2,1H3;1H. The fraction of sp³-hybridized carbons (Fsp3) is 0.727. The summed E-state index contributed by atoms with van der Waals surface area (Å²) in [6, 6.07) is 0.659. The zero-order valence-electron chi connectivity index (χ0n) is 9.28. The molecule has 1 fully saturated rings. The molecular weight excluding hydrogens is 210 g/mol. The van der Waals surface area contributed by atoms with Crippen LogP contribution in [-0.2, 0) is 0 Å². The normalized spacial score (nSPS) is 16.3. The average molecular weight is 230 g/mol. The molecule has 1 heterocycles. The van der Waals surface area contributed by atoms with Crippen LogP contribution in [0.4, 0.5) is 5.69 Å². The molecule has 0 amide bonds. The van der Waals surface area contributed by atoms with Gasteiger partial charge >= 0.3 is 0 Å². The van der Waals surface area contributed by atoms with Crippen LogP contribution >= 0.6 is 12.4 Å². The van der Waals surface area contributed by atoms with E-state index in [0.717, 1.165) is 13.0 Å². The van der Waals surface area contributed by atoms with Crippen molar-refractivity contribution in [2.75, 3.05) is 11.9 Å². The van der Waals surface area contributed by atoms with Gasteiger partial charge in [-0.15, -0.1) is 12.4 Å². The predicted octanol–water partition coefficient (Wildman–Crippen LogP) is 3.24. The monoisotopic (exact) mass is 229 g/mol. The number of nitrogens with zero attached hydrogens (tertiary/aromatic N) is 2. The van der Waals surface area contributed by atoms with Gasteiger partial charge in [0.1, 0.15) is 0 Å². The van der Waals surface area contributed by atoms with E-state index in [1.807, 2.05) is 6.20 Å². The van der Waals surface area contributed by atoms with Gasteiger partial charge in [0.05, 0.1) is 17.9 Å². The maximum absolute atomic E-state index is 4.41. The van der Waals surface area contributed by atoms with Crippen molar-refractivity contribution in [2.45, 2.75) is 45.1 Å². The van der Waals surface area contributed by atoms with Crippen molar-refractivity contribution < 1.29 is 0 Å². The first-order valence-corrected chi connectivity index (χ1v) is 5.68. The van der Waals surface area contributed by atoms with Gasteiger partial charge < -0.3 is 5.32 Å². The van der Waals surface area contributed by atoms with Crippen LogP contribution in [0.1, 0.15) is 45.1 Å². The molecule has 1 aliphatic carbocycles.